The molecular weight excluding hydrogens is 1340 g/mol. The molecule has 2 aromatic carbocycles. The summed E-state index contributed by atoms with van der Waals surface area (Å²) < 4.78 is 1.63. The van der Waals surface area contributed by atoms with Crippen molar-refractivity contribution in [2.75, 3.05) is 0 Å². The van der Waals surface area contributed by atoms with Crippen LogP contribution in [0.15, 0.2) is 47.5 Å². The number of aryl methyl sites for hydroxylation is 4. The van der Waals surface area contributed by atoms with Crippen LogP contribution in [0.3, 0.4) is 0 Å². The molecule has 107 heavy (non-hydrogen) atoms. The van der Waals surface area contributed by atoms with E-state index in [9.17, 15) is 5.53 Å². The van der Waals surface area contributed by atoms with Gasteiger partial charge in [0.05, 0.1) is 0 Å². The van der Waals surface area contributed by atoms with Crippen LogP contribution in [-0.2, 0) is 40.1 Å². The third kappa shape index (κ3) is 56.1. The van der Waals surface area contributed by atoms with Crippen LogP contribution < -0.4 is 0 Å². The molecule has 3 rings (SSSR count). The molecule has 0 saturated heterocycles. The maximum atomic E-state index is 12.8. The Morgan fingerprint density at radius 1 is 0.252 bits per heavy atom. The Bertz CT molecular complexity index is 2390. The summed E-state index contributed by atoms with van der Waals surface area (Å²) in [7, 11) is 0. The van der Waals surface area contributed by atoms with E-state index in [1.165, 1.54) is 473 Å². The minimum Gasteiger partial charge on any atom is -0.0654 e. The first-order valence-electron chi connectivity index (χ1n) is 48.5. The van der Waals surface area contributed by atoms with Gasteiger partial charge in [0.25, 0.3) is 0 Å². The van der Waals surface area contributed by atoms with Crippen LogP contribution >= 0.6 is 0 Å². The predicted octanol–water partition coefficient (Wildman–Crippen LogP) is 36.4. The molecule has 0 aliphatic carbocycles. The Morgan fingerprint density at radius 3 is 0.692 bits per heavy atom. The summed E-state index contributed by atoms with van der Waals surface area (Å²) in [5.74, 6) is 5.81. The van der Waals surface area contributed by atoms with Crippen molar-refractivity contribution in [2.24, 2.45) is 0 Å². The van der Waals surface area contributed by atoms with Crippen LogP contribution in [0.25, 0.3) is 16.9 Å². The summed E-state index contributed by atoms with van der Waals surface area (Å²) in [5.41, 5.74) is 25.0. The van der Waals surface area contributed by atoms with Crippen LogP contribution in [0.2, 0.25) is 10.8 Å². The number of nitrogens with zero attached hydrogens (tertiary/aromatic N) is 2. The smallest absolute Gasteiger partial charge is 0.0654 e. The second-order valence-corrected chi connectivity index (χ2v) is 35.2. The van der Waals surface area contributed by atoms with Crippen molar-refractivity contribution in [3.05, 3.63) is 86.5 Å². The minimum absolute atomic E-state index is 0.689. The van der Waals surface area contributed by atoms with E-state index in [-0.39, 0.29) is 0 Å². The van der Waals surface area contributed by atoms with E-state index >= 15 is 0 Å². The van der Waals surface area contributed by atoms with Gasteiger partial charge in [0.1, 0.15) is 0 Å². The summed E-state index contributed by atoms with van der Waals surface area (Å²) in [6, 6.07) is 14.1. The van der Waals surface area contributed by atoms with Crippen molar-refractivity contribution >= 4 is 11.4 Å². The molecule has 0 saturated carbocycles. The van der Waals surface area contributed by atoms with Crippen LogP contribution in [0.4, 0.5) is 0 Å². The van der Waals surface area contributed by atoms with Crippen LogP contribution in [0.1, 0.15) is 537 Å². The van der Waals surface area contributed by atoms with Gasteiger partial charge >= 0.3 is 166 Å². The Balaban J connectivity index is 0.000000727. The molecule has 0 bridgehead atoms. The predicted molar refractivity (Wildman–Crippen MR) is 479 cm³/mol. The molecule has 0 atom stereocenters. The maximum absolute atomic E-state index is 12.8. The number of unbranched alkanes of at least 4 members (excludes halogenated alkanes) is 62. The molecule has 0 aromatic heterocycles. The van der Waals surface area contributed by atoms with Gasteiger partial charge in [-0.05, 0) is 98.6 Å². The summed E-state index contributed by atoms with van der Waals surface area (Å²) in [6.07, 6.45) is 115. The van der Waals surface area contributed by atoms with E-state index in [2.05, 4.69) is 104 Å². The monoisotopic (exact) mass is 1520 g/mol. The standard InChI is InChI=1S/C52H76N2.2C26H53.Ni/c1-7-13-19-22-25-28-31-43-37-39-45(33-16-10-4)49(41-43)51-47(35-18-12-6)48(36-30-27-24-21-15-9-3)52(54(51)53)50-42-44(32-29-26-23-20-14-8-2)38-40-46(50)34-17-11-5;2*1-3-5-7-9-11-13-15-17-19-21-23-25-26-24-22-20-18-16-14-12-10-8-6-4-2;/h4-5,37-42H,7-9,12-36H2,1-3,6H3;2*1,3-26H2,2H3;. The number of benzene rings is 2. The van der Waals surface area contributed by atoms with E-state index in [4.69, 9.17) is 12.8 Å². The average Bonchev–Trinajstić information content (AvgIpc) is 1.60. The van der Waals surface area contributed by atoms with E-state index in [0.29, 0.717) is 12.8 Å². The Hall–Kier alpha value is -2.87. The normalized spacial score (nSPS) is 12.3. The van der Waals surface area contributed by atoms with E-state index < -0.39 is 0 Å². The number of rotatable bonds is 80. The average molecular weight is 1520 g/mol. The van der Waals surface area contributed by atoms with Gasteiger partial charge in [-0.1, -0.05) is 335 Å². The molecule has 1 aliphatic heterocycles. The first-order valence-corrected chi connectivity index (χ1v) is 49.9. The van der Waals surface area contributed by atoms with Crippen LogP contribution in [0, 0.1) is 24.7 Å². The Labute approximate surface area is 677 Å². The second-order valence-electron chi connectivity index (χ2n) is 33.8. The van der Waals surface area contributed by atoms with Crippen molar-refractivity contribution in [1.29, 1.82) is 0 Å². The number of allylic oxidation sites excluding steroid dienone is 2. The minimum atomic E-state index is 0.689. The Morgan fingerprint density at radius 2 is 0.458 bits per heavy atom. The van der Waals surface area contributed by atoms with Crippen LogP contribution in [0.5, 0.6) is 0 Å². The van der Waals surface area contributed by atoms with Gasteiger partial charge in [0, 0.05) is 35.1 Å². The quantitative estimate of drug-likeness (QED) is 0.0273. The van der Waals surface area contributed by atoms with Crippen molar-refractivity contribution in [3.63, 3.8) is 0 Å². The molecule has 2 nitrogen and oxygen atoms in total. The summed E-state index contributed by atoms with van der Waals surface area (Å²) in [5, 5.41) is 2.87. The fraction of sp³-hybridized carbons (Fsp3) is 0.808. The zero-order valence-corrected chi connectivity index (χ0v) is 74.0. The van der Waals surface area contributed by atoms with Crippen molar-refractivity contribution in [2.45, 2.75) is 540 Å². The summed E-state index contributed by atoms with van der Waals surface area (Å²) in [4.78, 5) is 0. The summed E-state index contributed by atoms with van der Waals surface area (Å²) in [6.45, 7) is 13.8. The van der Waals surface area contributed by atoms with Crippen LogP contribution in [-0.4, -0.2) is 4.70 Å². The molecule has 0 radical (unpaired) electrons. The fourth-order valence-electron chi connectivity index (χ4n) is 16.6. The van der Waals surface area contributed by atoms with Gasteiger partial charge in [-0.3, -0.25) is 0 Å². The molecule has 0 amide bonds. The Kier molecular flexibility index (Phi) is 73.4. The van der Waals surface area contributed by atoms with Gasteiger partial charge < -0.3 is 5.53 Å². The molecule has 0 unspecified atom stereocenters. The molecule has 2 aromatic rings. The molecular formula is C104H182N2Ni. The molecule has 1 aliphatic rings. The third-order valence-electron chi connectivity index (χ3n) is 23.6. The number of hydrogen-bond acceptors (Lipinski definition) is 0. The molecule has 3 heteroatoms. The topological polar surface area (TPSA) is 25.3 Å². The van der Waals surface area contributed by atoms with Gasteiger partial charge in [-0.2, -0.15) is 0 Å². The van der Waals surface area contributed by atoms with E-state index in [1.807, 2.05) is 0 Å². The molecule has 0 fully saturated rings. The zero-order chi connectivity index (χ0) is 76.9. The van der Waals surface area contributed by atoms with Crippen molar-refractivity contribution in [3.8, 4) is 24.7 Å². The van der Waals surface area contributed by atoms with E-state index in [0.717, 1.165) is 69.2 Å². The molecule has 1 heterocycles. The number of hydrogen-bond donors (Lipinski definition) is 0. The van der Waals surface area contributed by atoms with Gasteiger partial charge in [0.15, 0.2) is 0 Å². The van der Waals surface area contributed by atoms with Crippen molar-refractivity contribution in [1.82, 2.24) is 0 Å². The molecule has 0 spiro atoms. The molecule has 0 N–H and O–H groups in total. The summed E-state index contributed by atoms with van der Waals surface area (Å²) >= 11 is 2.05. The fourth-order valence-corrected chi connectivity index (χ4v) is 17.8. The second kappa shape index (κ2) is 78.4. The molecule has 618 valence electrons. The van der Waals surface area contributed by atoms with Crippen molar-refractivity contribution < 1.29 is 19.1 Å². The third-order valence-corrected chi connectivity index (χ3v) is 25.0. The SMILES string of the molecule is C#CCCc1ccc(CCCCCCCC)cc1C1=C(CCCC)C(CCCCCCCC)=C(c2cc(CCCCCCCC)ccc2CCC#C)[N+]1=[N-].CCCCCCCCCCCCCCCCCCCCCCCCC[CH2][Ni][CH2]CCCCCCCCCCCCCCCCCCCCCCCCC. The van der Waals surface area contributed by atoms with Gasteiger partial charge in [-0.15, -0.1) is 24.7 Å². The van der Waals surface area contributed by atoms with Gasteiger partial charge in [-0.25, -0.2) is 4.70 Å². The zero-order valence-electron chi connectivity index (χ0n) is 73.0. The first-order chi connectivity index (χ1) is 52.9. The number of terminal acetylenes is 2. The van der Waals surface area contributed by atoms with Gasteiger partial charge in [0.2, 0.25) is 11.4 Å². The first kappa shape index (κ1) is 100. The van der Waals surface area contributed by atoms with E-state index in [1.54, 1.807) is 4.70 Å².